The number of fused-ring (bicyclic) bond motifs is 2. The Bertz CT molecular complexity index is 1910. The predicted molar refractivity (Wildman–Crippen MR) is 150 cm³/mol. The molecule has 10 nitrogen and oxygen atoms in total. The van der Waals surface area contributed by atoms with Gasteiger partial charge in [-0.15, -0.1) is 0 Å². The third kappa shape index (κ3) is 5.28. The highest BCUT2D eigenvalue weighted by Gasteiger charge is 2.19. The average molecular weight is 577 g/mol. The molecule has 0 aliphatic heterocycles. The van der Waals surface area contributed by atoms with E-state index in [4.69, 9.17) is 0 Å². The molecule has 0 atom stereocenters. The Kier molecular flexibility index (Phi) is 6.85. The first kappa shape index (κ1) is 27.0. The van der Waals surface area contributed by atoms with E-state index in [0.29, 0.717) is 22.1 Å². The summed E-state index contributed by atoms with van der Waals surface area (Å²) in [7, 11) is -8.98. The number of rotatable bonds is 6. The summed E-state index contributed by atoms with van der Waals surface area (Å²) < 4.78 is 66.1. The van der Waals surface area contributed by atoms with Crippen LogP contribution in [0.4, 0.5) is 11.4 Å². The van der Waals surface area contributed by atoms with Crippen molar-refractivity contribution in [2.45, 2.75) is 9.79 Å². The summed E-state index contributed by atoms with van der Waals surface area (Å²) in [5.41, 5.74) is 0.880. The van der Waals surface area contributed by atoms with Gasteiger partial charge in [0, 0.05) is 44.0 Å². The second-order valence-electron chi connectivity index (χ2n) is 8.75. The Labute approximate surface area is 228 Å². The molecule has 0 aliphatic rings. The Morgan fingerprint density at radius 3 is 1.25 bits per heavy atom. The van der Waals surface area contributed by atoms with Crippen molar-refractivity contribution < 1.29 is 35.5 Å². The number of carbonyl (C=O) groups is 2. The van der Waals surface area contributed by atoms with E-state index in [1.54, 1.807) is 36.4 Å². The molecule has 0 heterocycles. The zero-order chi connectivity index (χ0) is 28.7. The summed E-state index contributed by atoms with van der Waals surface area (Å²) in [5.74, 6) is -1.13. The summed E-state index contributed by atoms with van der Waals surface area (Å²) in [6, 6.07) is 23.7. The fourth-order valence-electron chi connectivity index (χ4n) is 4.40. The Morgan fingerprint density at radius 2 is 0.875 bits per heavy atom. The Hall–Kier alpha value is -4.62. The molecule has 0 spiro atoms. The highest BCUT2D eigenvalue weighted by atomic mass is 32.2. The number of nitrogens with one attached hydrogen (secondary N) is 2. The maximum Gasteiger partial charge on any atom is 0.295 e. The van der Waals surface area contributed by atoms with Gasteiger partial charge in [-0.2, -0.15) is 16.8 Å². The van der Waals surface area contributed by atoms with Gasteiger partial charge in [0.05, 0.1) is 0 Å². The summed E-state index contributed by atoms with van der Waals surface area (Å²) in [6.07, 6.45) is 0. The van der Waals surface area contributed by atoms with E-state index in [0.717, 1.165) is 0 Å². The highest BCUT2D eigenvalue weighted by molar-refractivity contribution is 7.86. The molecule has 40 heavy (non-hydrogen) atoms. The molecule has 202 valence electrons. The largest absolute Gasteiger partial charge is 0.321 e. The van der Waals surface area contributed by atoms with Gasteiger partial charge in [-0.25, -0.2) is 0 Å². The van der Waals surface area contributed by atoms with Crippen molar-refractivity contribution in [3.05, 3.63) is 108 Å². The molecule has 0 fully saturated rings. The van der Waals surface area contributed by atoms with Gasteiger partial charge in [-0.05, 0) is 42.5 Å². The van der Waals surface area contributed by atoms with Gasteiger partial charge in [0.25, 0.3) is 32.1 Å². The van der Waals surface area contributed by atoms with Crippen molar-refractivity contribution in [3.8, 4) is 0 Å². The van der Waals surface area contributed by atoms with Gasteiger partial charge in [0.15, 0.2) is 0 Å². The molecular formula is C28H20N2O8S2. The predicted octanol–water partition coefficient (Wildman–Crippen LogP) is 4.99. The van der Waals surface area contributed by atoms with Crippen LogP contribution < -0.4 is 10.6 Å². The van der Waals surface area contributed by atoms with Crippen LogP contribution in [0.5, 0.6) is 0 Å². The lowest BCUT2D eigenvalue weighted by Crippen LogP contribution is -2.16. The minimum absolute atomic E-state index is 0.141. The normalized spacial score (nSPS) is 11.8. The molecule has 5 aromatic carbocycles. The Morgan fingerprint density at radius 1 is 0.500 bits per heavy atom. The monoisotopic (exact) mass is 576 g/mol. The van der Waals surface area contributed by atoms with Crippen LogP contribution in [-0.4, -0.2) is 37.8 Å². The quantitative estimate of drug-likeness (QED) is 0.205. The number of hydrogen-bond donors (Lipinski definition) is 4. The zero-order valence-corrected chi connectivity index (χ0v) is 22.0. The van der Waals surface area contributed by atoms with Crippen LogP contribution in [0.25, 0.3) is 21.5 Å². The number of carbonyl (C=O) groups excluding carboxylic acids is 2. The second-order valence-corrected chi connectivity index (χ2v) is 11.5. The van der Waals surface area contributed by atoms with Gasteiger partial charge in [0.2, 0.25) is 0 Å². The number of benzene rings is 5. The van der Waals surface area contributed by atoms with Crippen molar-refractivity contribution in [2.24, 2.45) is 0 Å². The molecule has 0 unspecified atom stereocenters. The van der Waals surface area contributed by atoms with E-state index >= 15 is 0 Å². The molecule has 0 aliphatic carbocycles. The molecule has 2 amide bonds. The lowest BCUT2D eigenvalue weighted by Gasteiger charge is -2.13. The standard InChI is InChI=1S/C28H20N2O8S2/c31-27(29-23-12-14-25(39(33,34)35)21-10-3-1-8-19(21)23)17-6-5-7-18(16-17)28(32)30-24-13-15-26(40(36,37)38)22-11-4-2-9-20(22)24/h1-16H,(H,29,31)(H,30,32)(H,33,34,35)(H,36,37,38). The minimum Gasteiger partial charge on any atom is -0.321 e. The van der Waals surface area contributed by atoms with Crippen LogP contribution in [-0.2, 0) is 20.2 Å². The Balaban J connectivity index is 1.43. The van der Waals surface area contributed by atoms with Crippen LogP contribution in [0, 0.1) is 0 Å². The number of anilines is 2. The summed E-state index contributed by atoms with van der Waals surface area (Å²) in [4.78, 5) is 25.6. The molecule has 0 bridgehead atoms. The minimum atomic E-state index is -4.49. The first-order valence-electron chi connectivity index (χ1n) is 11.6. The number of hydrogen-bond acceptors (Lipinski definition) is 6. The van der Waals surface area contributed by atoms with Crippen LogP contribution in [0.1, 0.15) is 20.7 Å². The van der Waals surface area contributed by atoms with Crippen molar-refractivity contribution in [1.82, 2.24) is 0 Å². The van der Waals surface area contributed by atoms with E-state index in [9.17, 15) is 35.5 Å². The van der Waals surface area contributed by atoms with Gasteiger partial charge in [-0.3, -0.25) is 18.7 Å². The maximum absolute atomic E-state index is 13.1. The molecular weight excluding hydrogens is 556 g/mol. The molecule has 0 radical (unpaired) electrons. The van der Waals surface area contributed by atoms with Gasteiger partial charge in [0.1, 0.15) is 9.79 Å². The lowest BCUT2D eigenvalue weighted by atomic mass is 10.1. The fourth-order valence-corrected chi connectivity index (χ4v) is 5.79. The highest BCUT2D eigenvalue weighted by Crippen LogP contribution is 2.31. The van der Waals surface area contributed by atoms with E-state index in [-0.39, 0.29) is 31.7 Å². The first-order valence-corrected chi connectivity index (χ1v) is 14.5. The van der Waals surface area contributed by atoms with E-state index in [1.165, 1.54) is 60.7 Å². The van der Waals surface area contributed by atoms with Crippen molar-refractivity contribution in [2.75, 3.05) is 10.6 Å². The van der Waals surface area contributed by atoms with E-state index in [1.807, 2.05) is 0 Å². The fraction of sp³-hybridized carbons (Fsp3) is 0. The molecule has 4 N–H and O–H groups in total. The third-order valence-corrected chi connectivity index (χ3v) is 8.03. The smallest absolute Gasteiger partial charge is 0.295 e. The maximum atomic E-state index is 13.1. The average Bonchev–Trinajstić information content (AvgIpc) is 2.92. The zero-order valence-electron chi connectivity index (χ0n) is 20.4. The van der Waals surface area contributed by atoms with Crippen LogP contribution in [0.15, 0.2) is 107 Å². The van der Waals surface area contributed by atoms with E-state index in [2.05, 4.69) is 10.6 Å². The van der Waals surface area contributed by atoms with Crippen molar-refractivity contribution in [1.29, 1.82) is 0 Å². The SMILES string of the molecule is O=C(Nc1ccc(S(=O)(=O)O)c2ccccc12)c1cccc(C(=O)Nc2ccc(S(=O)(=O)O)c3ccccc23)c1. The molecule has 0 saturated carbocycles. The second kappa shape index (κ2) is 10.2. The van der Waals surface area contributed by atoms with Gasteiger partial charge < -0.3 is 10.6 Å². The summed E-state index contributed by atoms with van der Waals surface area (Å²) in [5, 5.41) is 6.65. The molecule has 0 saturated heterocycles. The van der Waals surface area contributed by atoms with Crippen LogP contribution >= 0.6 is 0 Å². The van der Waals surface area contributed by atoms with Crippen LogP contribution in [0.3, 0.4) is 0 Å². The first-order chi connectivity index (χ1) is 18.9. The lowest BCUT2D eigenvalue weighted by molar-refractivity contribution is 0.102. The molecule has 5 aromatic rings. The topological polar surface area (TPSA) is 167 Å². The molecule has 5 rings (SSSR count). The third-order valence-electron chi connectivity index (χ3n) is 6.21. The van der Waals surface area contributed by atoms with Crippen molar-refractivity contribution >= 4 is 65.0 Å². The summed E-state index contributed by atoms with van der Waals surface area (Å²) in [6.45, 7) is 0. The molecule has 0 aromatic heterocycles. The van der Waals surface area contributed by atoms with Gasteiger partial charge >= 0.3 is 0 Å². The molecule has 12 heteroatoms. The summed E-state index contributed by atoms with van der Waals surface area (Å²) >= 11 is 0. The van der Waals surface area contributed by atoms with Gasteiger partial charge in [-0.1, -0.05) is 54.6 Å². The van der Waals surface area contributed by atoms with E-state index < -0.39 is 32.1 Å². The van der Waals surface area contributed by atoms with Crippen molar-refractivity contribution in [3.63, 3.8) is 0 Å². The number of amides is 2. The van der Waals surface area contributed by atoms with Crippen LogP contribution in [0.2, 0.25) is 0 Å².